The lowest BCUT2D eigenvalue weighted by atomic mass is 9.93. The minimum absolute atomic E-state index is 0.0275. The molecule has 0 bridgehead atoms. The zero-order valence-corrected chi connectivity index (χ0v) is 9.86. The van der Waals surface area contributed by atoms with Crippen molar-refractivity contribution in [1.82, 2.24) is 4.90 Å². The molecule has 2 unspecified atom stereocenters. The van der Waals surface area contributed by atoms with Gasteiger partial charge in [0.05, 0.1) is 6.07 Å². The number of nitriles is 1. The van der Waals surface area contributed by atoms with Gasteiger partial charge in [0, 0.05) is 12.6 Å². The second kappa shape index (κ2) is 5.16. The molecule has 0 spiro atoms. The number of hydrogen-bond donors (Lipinski definition) is 0. The van der Waals surface area contributed by atoms with E-state index in [1.165, 1.54) is 6.42 Å². The molecule has 3 heteroatoms. The Hall–Kier alpha value is -1.04. The van der Waals surface area contributed by atoms with Gasteiger partial charge in [0.1, 0.15) is 5.92 Å². The van der Waals surface area contributed by atoms with Crippen molar-refractivity contribution in [1.29, 1.82) is 5.26 Å². The zero-order valence-electron chi connectivity index (χ0n) is 9.86. The SMILES string of the molecule is CC(C)C(C#N)C(=O)N1CCCCC1C. The van der Waals surface area contributed by atoms with E-state index in [4.69, 9.17) is 5.26 Å². The second-order valence-corrected chi connectivity index (χ2v) is 4.73. The lowest BCUT2D eigenvalue weighted by Gasteiger charge is -2.35. The quantitative estimate of drug-likeness (QED) is 0.698. The number of hydrogen-bond acceptors (Lipinski definition) is 2. The minimum atomic E-state index is -0.467. The van der Waals surface area contributed by atoms with Crippen LogP contribution in [-0.2, 0) is 4.79 Å². The van der Waals surface area contributed by atoms with E-state index in [0.29, 0.717) is 6.04 Å². The first-order valence-corrected chi connectivity index (χ1v) is 5.78. The van der Waals surface area contributed by atoms with Crippen LogP contribution in [0.4, 0.5) is 0 Å². The molecule has 1 aliphatic heterocycles. The molecule has 0 aromatic heterocycles. The van der Waals surface area contributed by atoms with Crippen molar-refractivity contribution in [2.75, 3.05) is 6.54 Å². The topological polar surface area (TPSA) is 44.1 Å². The van der Waals surface area contributed by atoms with Gasteiger partial charge in [-0.15, -0.1) is 0 Å². The largest absolute Gasteiger partial charge is 0.339 e. The van der Waals surface area contributed by atoms with Crippen molar-refractivity contribution in [3.63, 3.8) is 0 Å². The number of likely N-dealkylation sites (tertiary alicyclic amines) is 1. The lowest BCUT2D eigenvalue weighted by molar-refractivity contribution is -0.138. The maximum Gasteiger partial charge on any atom is 0.240 e. The van der Waals surface area contributed by atoms with Gasteiger partial charge < -0.3 is 4.90 Å². The van der Waals surface area contributed by atoms with Crippen LogP contribution in [0, 0.1) is 23.2 Å². The van der Waals surface area contributed by atoms with Gasteiger partial charge in [0.25, 0.3) is 0 Å². The maximum absolute atomic E-state index is 12.1. The van der Waals surface area contributed by atoms with E-state index in [2.05, 4.69) is 13.0 Å². The Bertz CT molecular complexity index is 267. The standard InChI is InChI=1S/C12H20N2O/c1-9(2)11(8-13)12(15)14-7-5-4-6-10(14)3/h9-11H,4-7H2,1-3H3. The average Bonchev–Trinajstić information content (AvgIpc) is 2.18. The Kier molecular flexibility index (Phi) is 4.14. The van der Waals surface area contributed by atoms with Gasteiger partial charge in [0.2, 0.25) is 5.91 Å². The Labute approximate surface area is 92.1 Å². The van der Waals surface area contributed by atoms with Crippen LogP contribution < -0.4 is 0 Å². The predicted octanol–water partition coefficient (Wildman–Crippen LogP) is 2.18. The molecule has 2 atom stereocenters. The third kappa shape index (κ3) is 2.71. The minimum Gasteiger partial charge on any atom is -0.339 e. The Morgan fingerprint density at radius 2 is 2.13 bits per heavy atom. The molecule has 3 nitrogen and oxygen atoms in total. The molecule has 0 aromatic rings. The summed E-state index contributed by atoms with van der Waals surface area (Å²) in [7, 11) is 0. The smallest absolute Gasteiger partial charge is 0.240 e. The first kappa shape index (κ1) is 12.0. The van der Waals surface area contributed by atoms with Crippen molar-refractivity contribution in [3.05, 3.63) is 0 Å². The van der Waals surface area contributed by atoms with E-state index in [1.54, 1.807) is 0 Å². The molecular weight excluding hydrogens is 188 g/mol. The van der Waals surface area contributed by atoms with Crippen LogP contribution in [0.3, 0.4) is 0 Å². The number of carbonyl (C=O) groups excluding carboxylic acids is 1. The van der Waals surface area contributed by atoms with Crippen LogP contribution in [0.2, 0.25) is 0 Å². The van der Waals surface area contributed by atoms with E-state index in [0.717, 1.165) is 19.4 Å². The Balaban J connectivity index is 2.69. The molecule has 1 fully saturated rings. The van der Waals surface area contributed by atoms with Gasteiger partial charge >= 0.3 is 0 Å². The molecule has 0 radical (unpaired) electrons. The summed E-state index contributed by atoms with van der Waals surface area (Å²) < 4.78 is 0. The fraction of sp³-hybridized carbons (Fsp3) is 0.833. The number of nitrogens with zero attached hydrogens (tertiary/aromatic N) is 2. The summed E-state index contributed by atoms with van der Waals surface area (Å²) in [6.45, 7) is 6.76. The van der Waals surface area contributed by atoms with E-state index < -0.39 is 5.92 Å². The van der Waals surface area contributed by atoms with Gasteiger partial charge in [-0.05, 0) is 32.1 Å². The van der Waals surface area contributed by atoms with Gasteiger partial charge in [0.15, 0.2) is 0 Å². The molecule has 0 N–H and O–H groups in total. The summed E-state index contributed by atoms with van der Waals surface area (Å²) in [5, 5.41) is 8.99. The van der Waals surface area contributed by atoms with Crippen LogP contribution in [0.25, 0.3) is 0 Å². The molecule has 0 aromatic carbocycles. The van der Waals surface area contributed by atoms with Crippen molar-refractivity contribution in [3.8, 4) is 6.07 Å². The molecule has 0 aliphatic carbocycles. The monoisotopic (exact) mass is 208 g/mol. The summed E-state index contributed by atoms with van der Waals surface area (Å²) in [5.74, 6) is -0.332. The molecule has 1 aliphatic rings. The Morgan fingerprint density at radius 3 is 2.60 bits per heavy atom. The summed E-state index contributed by atoms with van der Waals surface area (Å²) >= 11 is 0. The second-order valence-electron chi connectivity index (χ2n) is 4.73. The summed E-state index contributed by atoms with van der Waals surface area (Å²) in [6, 6.07) is 2.43. The highest BCUT2D eigenvalue weighted by Crippen LogP contribution is 2.21. The van der Waals surface area contributed by atoms with E-state index in [1.807, 2.05) is 18.7 Å². The summed E-state index contributed by atoms with van der Waals surface area (Å²) in [6.07, 6.45) is 3.35. The van der Waals surface area contributed by atoms with Crippen LogP contribution in [0.1, 0.15) is 40.0 Å². The lowest BCUT2D eigenvalue weighted by Crippen LogP contribution is -2.45. The molecule has 1 heterocycles. The van der Waals surface area contributed by atoms with Crippen LogP contribution in [0.15, 0.2) is 0 Å². The Morgan fingerprint density at radius 1 is 1.47 bits per heavy atom. The first-order valence-electron chi connectivity index (χ1n) is 5.78. The third-order valence-corrected chi connectivity index (χ3v) is 3.16. The van der Waals surface area contributed by atoms with Gasteiger partial charge in [-0.25, -0.2) is 0 Å². The molecular formula is C12H20N2O. The molecule has 1 rings (SSSR count). The highest BCUT2D eigenvalue weighted by atomic mass is 16.2. The van der Waals surface area contributed by atoms with Gasteiger partial charge in [-0.1, -0.05) is 13.8 Å². The highest BCUT2D eigenvalue weighted by Gasteiger charge is 2.30. The third-order valence-electron chi connectivity index (χ3n) is 3.16. The van der Waals surface area contributed by atoms with Crippen molar-refractivity contribution in [2.24, 2.45) is 11.8 Å². The number of amides is 1. The van der Waals surface area contributed by atoms with Crippen molar-refractivity contribution < 1.29 is 4.79 Å². The van der Waals surface area contributed by atoms with E-state index in [-0.39, 0.29) is 11.8 Å². The van der Waals surface area contributed by atoms with E-state index in [9.17, 15) is 4.79 Å². The first-order chi connectivity index (χ1) is 7.07. The van der Waals surface area contributed by atoms with Gasteiger partial charge in [-0.3, -0.25) is 4.79 Å². The fourth-order valence-corrected chi connectivity index (χ4v) is 2.09. The zero-order chi connectivity index (χ0) is 11.4. The number of piperidine rings is 1. The van der Waals surface area contributed by atoms with Crippen molar-refractivity contribution in [2.45, 2.75) is 46.1 Å². The van der Waals surface area contributed by atoms with Crippen LogP contribution in [0.5, 0.6) is 0 Å². The van der Waals surface area contributed by atoms with Crippen molar-refractivity contribution >= 4 is 5.91 Å². The molecule has 1 saturated heterocycles. The summed E-state index contributed by atoms with van der Waals surface area (Å²) in [5.41, 5.74) is 0. The number of carbonyl (C=O) groups is 1. The van der Waals surface area contributed by atoms with Crippen LogP contribution in [-0.4, -0.2) is 23.4 Å². The molecule has 15 heavy (non-hydrogen) atoms. The van der Waals surface area contributed by atoms with E-state index >= 15 is 0 Å². The summed E-state index contributed by atoms with van der Waals surface area (Å²) in [4.78, 5) is 14.0. The van der Waals surface area contributed by atoms with Gasteiger partial charge in [-0.2, -0.15) is 5.26 Å². The number of rotatable bonds is 2. The molecule has 1 amide bonds. The average molecular weight is 208 g/mol. The molecule has 84 valence electrons. The highest BCUT2D eigenvalue weighted by molar-refractivity contribution is 5.81. The molecule has 0 saturated carbocycles. The predicted molar refractivity (Wildman–Crippen MR) is 59.0 cm³/mol. The fourth-order valence-electron chi connectivity index (χ4n) is 2.09. The van der Waals surface area contributed by atoms with Crippen LogP contribution >= 0.6 is 0 Å². The normalized spacial score (nSPS) is 23.7. The maximum atomic E-state index is 12.1.